The zero-order valence-electron chi connectivity index (χ0n) is 17.9. The molecule has 1 aliphatic rings. The van der Waals surface area contributed by atoms with Gasteiger partial charge in [-0.1, -0.05) is 24.3 Å². The van der Waals surface area contributed by atoms with E-state index in [0.29, 0.717) is 38.5 Å². The quantitative estimate of drug-likeness (QED) is 0.480. The molecule has 168 valence electrons. The van der Waals surface area contributed by atoms with Gasteiger partial charge in [0.15, 0.2) is 5.76 Å². The van der Waals surface area contributed by atoms with Crippen molar-refractivity contribution in [3.05, 3.63) is 84.5 Å². The van der Waals surface area contributed by atoms with Crippen LogP contribution in [-0.2, 0) is 6.54 Å². The molecule has 1 N–H and O–H groups in total. The fourth-order valence-corrected chi connectivity index (χ4v) is 4.07. The summed E-state index contributed by atoms with van der Waals surface area (Å²) in [6, 6.07) is 18.1. The third-order valence-corrected chi connectivity index (χ3v) is 5.89. The summed E-state index contributed by atoms with van der Waals surface area (Å²) in [7, 11) is 0. The third-order valence-electron chi connectivity index (χ3n) is 5.89. The first-order valence-corrected chi connectivity index (χ1v) is 10.8. The minimum absolute atomic E-state index is 0.255. The summed E-state index contributed by atoms with van der Waals surface area (Å²) in [4.78, 5) is 14.9. The van der Waals surface area contributed by atoms with E-state index in [1.54, 1.807) is 18.4 Å². The molecule has 0 bridgehead atoms. The maximum atomic E-state index is 13.2. The van der Waals surface area contributed by atoms with Crippen LogP contribution < -0.4 is 0 Å². The summed E-state index contributed by atoms with van der Waals surface area (Å²) < 4.78 is 20.7. The van der Waals surface area contributed by atoms with Crippen LogP contribution >= 0.6 is 0 Å². The van der Waals surface area contributed by atoms with Gasteiger partial charge < -0.3 is 14.4 Å². The number of benzene rings is 2. The molecule has 8 heteroatoms. The van der Waals surface area contributed by atoms with Crippen molar-refractivity contribution in [1.29, 1.82) is 0 Å². The molecule has 0 spiro atoms. The Hall–Kier alpha value is -3.91. The molecule has 0 saturated carbocycles. The summed E-state index contributed by atoms with van der Waals surface area (Å²) in [5.74, 6) is 0.435. The van der Waals surface area contributed by atoms with Gasteiger partial charge in [-0.25, -0.2) is 13.9 Å². The van der Waals surface area contributed by atoms with E-state index >= 15 is 0 Å². The summed E-state index contributed by atoms with van der Waals surface area (Å²) in [6.45, 7) is 2.97. The van der Waals surface area contributed by atoms with Gasteiger partial charge >= 0.3 is 6.09 Å². The average molecular weight is 446 g/mol. The number of rotatable bonds is 5. The van der Waals surface area contributed by atoms with Gasteiger partial charge in [-0.15, -0.1) is 0 Å². The Kier molecular flexibility index (Phi) is 5.66. The van der Waals surface area contributed by atoms with Crippen LogP contribution in [0.1, 0.15) is 5.56 Å². The Labute approximate surface area is 190 Å². The fraction of sp³-hybridized carbons (Fsp3) is 0.200. The highest BCUT2D eigenvalue weighted by Crippen LogP contribution is 2.27. The van der Waals surface area contributed by atoms with Crippen molar-refractivity contribution in [2.24, 2.45) is 0 Å². The van der Waals surface area contributed by atoms with Crippen molar-refractivity contribution in [3.8, 4) is 28.3 Å². The number of nitrogens with zero attached hydrogens (tertiary/aromatic N) is 4. The molecule has 5 rings (SSSR count). The second-order valence-corrected chi connectivity index (χ2v) is 8.02. The predicted octanol–water partition coefficient (Wildman–Crippen LogP) is 4.73. The Morgan fingerprint density at radius 2 is 1.64 bits per heavy atom. The number of aromatic nitrogens is 2. The van der Waals surface area contributed by atoms with Crippen LogP contribution in [0.3, 0.4) is 0 Å². The standard InChI is InChI=1S/C25H23FN4O3/c26-21-7-3-18(4-8-21)19-5-9-22(10-6-19)30-17-20(24(27-30)23-2-1-15-33-23)16-28-11-13-29(14-12-28)25(31)32/h1-10,15,17H,11-14,16H2,(H,31,32). The lowest BCUT2D eigenvalue weighted by atomic mass is 10.1. The monoisotopic (exact) mass is 446 g/mol. The second-order valence-electron chi connectivity index (χ2n) is 8.02. The highest BCUT2D eigenvalue weighted by atomic mass is 19.1. The van der Waals surface area contributed by atoms with Gasteiger partial charge in [0.1, 0.15) is 11.5 Å². The van der Waals surface area contributed by atoms with Gasteiger partial charge in [-0.3, -0.25) is 4.90 Å². The zero-order valence-corrected chi connectivity index (χ0v) is 17.9. The van der Waals surface area contributed by atoms with E-state index in [2.05, 4.69) is 4.90 Å². The number of carboxylic acid groups (broad SMARTS) is 1. The van der Waals surface area contributed by atoms with Gasteiger partial charge in [0.25, 0.3) is 0 Å². The Morgan fingerprint density at radius 1 is 0.970 bits per heavy atom. The van der Waals surface area contributed by atoms with Crippen molar-refractivity contribution in [2.45, 2.75) is 6.54 Å². The fourth-order valence-electron chi connectivity index (χ4n) is 4.07. The number of hydrogen-bond donors (Lipinski definition) is 1. The van der Waals surface area contributed by atoms with Crippen LogP contribution in [0.4, 0.5) is 9.18 Å². The number of amides is 1. The van der Waals surface area contributed by atoms with Crippen molar-refractivity contribution < 1.29 is 18.7 Å². The molecular formula is C25H23FN4O3. The van der Waals surface area contributed by atoms with E-state index in [0.717, 1.165) is 28.1 Å². The molecule has 0 atom stereocenters. The van der Waals surface area contributed by atoms with Crippen molar-refractivity contribution in [1.82, 2.24) is 19.6 Å². The highest BCUT2D eigenvalue weighted by molar-refractivity contribution is 5.65. The summed E-state index contributed by atoms with van der Waals surface area (Å²) in [6.07, 6.45) is 2.75. The van der Waals surface area contributed by atoms with Crippen LogP contribution in [0.25, 0.3) is 28.3 Å². The van der Waals surface area contributed by atoms with E-state index in [-0.39, 0.29) is 5.82 Å². The number of furan rings is 1. The van der Waals surface area contributed by atoms with Gasteiger partial charge in [0, 0.05) is 44.5 Å². The molecule has 3 heterocycles. The normalized spacial score (nSPS) is 14.5. The van der Waals surface area contributed by atoms with E-state index in [1.165, 1.54) is 17.0 Å². The molecule has 7 nitrogen and oxygen atoms in total. The molecule has 1 saturated heterocycles. The molecule has 2 aromatic carbocycles. The molecule has 0 radical (unpaired) electrons. The predicted molar refractivity (Wildman–Crippen MR) is 122 cm³/mol. The smallest absolute Gasteiger partial charge is 0.407 e. The molecule has 4 aromatic rings. The molecule has 33 heavy (non-hydrogen) atoms. The largest absolute Gasteiger partial charge is 0.465 e. The van der Waals surface area contributed by atoms with Crippen LogP contribution in [0, 0.1) is 5.82 Å². The number of halogens is 1. The maximum Gasteiger partial charge on any atom is 0.407 e. The first kappa shape index (κ1) is 21.0. The molecule has 1 aliphatic heterocycles. The average Bonchev–Trinajstić information content (AvgIpc) is 3.50. The topological polar surface area (TPSA) is 74.7 Å². The minimum Gasteiger partial charge on any atom is -0.465 e. The number of carbonyl (C=O) groups is 1. The van der Waals surface area contributed by atoms with E-state index in [1.807, 2.05) is 47.3 Å². The molecule has 1 fully saturated rings. The number of piperazine rings is 1. The van der Waals surface area contributed by atoms with Crippen LogP contribution in [0.2, 0.25) is 0 Å². The van der Waals surface area contributed by atoms with E-state index in [9.17, 15) is 14.3 Å². The third kappa shape index (κ3) is 4.51. The first-order valence-electron chi connectivity index (χ1n) is 10.8. The molecular weight excluding hydrogens is 423 g/mol. The lowest BCUT2D eigenvalue weighted by Crippen LogP contribution is -2.47. The van der Waals surface area contributed by atoms with Crippen molar-refractivity contribution in [2.75, 3.05) is 26.2 Å². The lowest BCUT2D eigenvalue weighted by molar-refractivity contribution is 0.103. The second kappa shape index (κ2) is 8.91. The first-order chi connectivity index (χ1) is 16.1. The van der Waals surface area contributed by atoms with Crippen LogP contribution in [-0.4, -0.2) is 57.0 Å². The van der Waals surface area contributed by atoms with Gasteiger partial charge in [-0.2, -0.15) is 5.10 Å². The summed E-state index contributed by atoms with van der Waals surface area (Å²) in [5, 5.41) is 14.0. The number of hydrogen-bond acceptors (Lipinski definition) is 4. The maximum absolute atomic E-state index is 13.2. The van der Waals surface area contributed by atoms with Crippen molar-refractivity contribution in [3.63, 3.8) is 0 Å². The lowest BCUT2D eigenvalue weighted by Gasteiger charge is -2.32. The van der Waals surface area contributed by atoms with Gasteiger partial charge in [0.05, 0.1) is 12.0 Å². The SMILES string of the molecule is O=C(O)N1CCN(Cc2cn(-c3ccc(-c4ccc(F)cc4)cc3)nc2-c2ccco2)CC1. The highest BCUT2D eigenvalue weighted by Gasteiger charge is 2.23. The van der Waals surface area contributed by atoms with Crippen molar-refractivity contribution >= 4 is 6.09 Å². The van der Waals surface area contributed by atoms with E-state index in [4.69, 9.17) is 9.52 Å². The Bertz CT molecular complexity index is 1230. The summed E-state index contributed by atoms with van der Waals surface area (Å²) in [5.41, 5.74) is 4.62. The summed E-state index contributed by atoms with van der Waals surface area (Å²) >= 11 is 0. The zero-order chi connectivity index (χ0) is 22.8. The van der Waals surface area contributed by atoms with Gasteiger partial charge in [-0.05, 0) is 47.5 Å². The molecule has 0 unspecified atom stereocenters. The molecule has 1 amide bonds. The van der Waals surface area contributed by atoms with Crippen LogP contribution in [0.15, 0.2) is 77.5 Å². The Balaban J connectivity index is 1.39. The minimum atomic E-state index is -0.872. The molecule has 0 aliphatic carbocycles. The Morgan fingerprint density at radius 3 is 2.24 bits per heavy atom. The van der Waals surface area contributed by atoms with Gasteiger partial charge in [0.2, 0.25) is 0 Å². The van der Waals surface area contributed by atoms with E-state index < -0.39 is 6.09 Å². The van der Waals surface area contributed by atoms with Crippen LogP contribution in [0.5, 0.6) is 0 Å². The molecule has 2 aromatic heterocycles.